The number of allylic oxidation sites excluding steroid dienone is 1. The van der Waals surface area contributed by atoms with Gasteiger partial charge in [0.2, 0.25) is 12.7 Å². The first-order chi connectivity index (χ1) is 5.63. The van der Waals surface area contributed by atoms with Crippen molar-refractivity contribution >= 4 is 0 Å². The van der Waals surface area contributed by atoms with Gasteiger partial charge < -0.3 is 0 Å². The van der Waals surface area contributed by atoms with Crippen LogP contribution in [0.1, 0.15) is 19.3 Å². The zero-order chi connectivity index (χ0) is 9.40. The molecular formula is C6H10N2O4. The van der Waals surface area contributed by atoms with Crippen LogP contribution in [-0.2, 0) is 0 Å². The topological polar surface area (TPSA) is 86.3 Å². The van der Waals surface area contributed by atoms with Gasteiger partial charge in [-0.1, -0.05) is 0 Å². The van der Waals surface area contributed by atoms with Gasteiger partial charge in [-0.25, -0.2) is 0 Å². The highest BCUT2D eigenvalue weighted by atomic mass is 16.6. The molecule has 0 fully saturated rings. The monoisotopic (exact) mass is 174 g/mol. The molecule has 6 nitrogen and oxygen atoms in total. The molecule has 68 valence electrons. The van der Waals surface area contributed by atoms with Gasteiger partial charge in [-0.2, -0.15) is 0 Å². The van der Waals surface area contributed by atoms with Crippen LogP contribution in [0.3, 0.4) is 0 Å². The van der Waals surface area contributed by atoms with E-state index in [0.717, 1.165) is 6.20 Å². The Hall–Kier alpha value is -1.46. The number of hydrogen-bond acceptors (Lipinski definition) is 4. The van der Waals surface area contributed by atoms with Crippen LogP contribution in [-0.4, -0.2) is 16.4 Å². The molecule has 0 aliphatic rings. The van der Waals surface area contributed by atoms with Crippen molar-refractivity contribution < 1.29 is 9.85 Å². The maximum absolute atomic E-state index is 9.82. The first-order valence-corrected chi connectivity index (χ1v) is 3.55. The molecule has 12 heavy (non-hydrogen) atoms. The predicted molar refractivity (Wildman–Crippen MR) is 41.8 cm³/mol. The van der Waals surface area contributed by atoms with E-state index in [4.69, 9.17) is 0 Å². The highest BCUT2D eigenvalue weighted by Gasteiger charge is 1.94. The zero-order valence-corrected chi connectivity index (χ0v) is 6.51. The van der Waals surface area contributed by atoms with Gasteiger partial charge in [0.1, 0.15) is 0 Å². The molecule has 0 rings (SSSR count). The summed E-state index contributed by atoms with van der Waals surface area (Å²) >= 11 is 0. The summed E-state index contributed by atoms with van der Waals surface area (Å²) in [4.78, 5) is 18.6. The number of nitro groups is 2. The number of unbranched alkanes of at least 4 members (excludes halogenated alkanes) is 2. The molecule has 0 heterocycles. The fraction of sp³-hybridized carbons (Fsp3) is 0.667. The third kappa shape index (κ3) is 8.54. The lowest BCUT2D eigenvalue weighted by Gasteiger charge is -1.90. The van der Waals surface area contributed by atoms with Gasteiger partial charge in [0.05, 0.1) is 4.92 Å². The standard InChI is InChI=1S/C6H10N2O4/c9-7(10)5-3-1-2-4-6-8(11)12/h3,5H,1-2,4,6H2. The molecule has 0 aromatic rings. The molecule has 0 radical (unpaired) electrons. The van der Waals surface area contributed by atoms with Crippen LogP contribution in [0.2, 0.25) is 0 Å². The minimum Gasteiger partial charge on any atom is -0.265 e. The molecule has 0 N–H and O–H groups in total. The Bertz CT molecular complexity index is 190. The summed E-state index contributed by atoms with van der Waals surface area (Å²) < 4.78 is 0. The van der Waals surface area contributed by atoms with E-state index in [1.807, 2.05) is 0 Å². The van der Waals surface area contributed by atoms with Crippen LogP contribution in [0.15, 0.2) is 12.3 Å². The lowest BCUT2D eigenvalue weighted by atomic mass is 10.2. The molecule has 0 bridgehead atoms. The van der Waals surface area contributed by atoms with Crippen LogP contribution < -0.4 is 0 Å². The van der Waals surface area contributed by atoms with Crippen LogP contribution in [0, 0.1) is 20.2 Å². The van der Waals surface area contributed by atoms with E-state index in [-0.39, 0.29) is 6.54 Å². The molecule has 0 aliphatic carbocycles. The first kappa shape index (κ1) is 10.5. The SMILES string of the molecule is O=[N+]([O-])C=CCCCC[N+](=O)[O-]. The van der Waals surface area contributed by atoms with Crippen molar-refractivity contribution in [3.05, 3.63) is 32.5 Å². The average Bonchev–Trinajstić information content (AvgIpc) is 1.95. The van der Waals surface area contributed by atoms with Crippen LogP contribution in [0.5, 0.6) is 0 Å². The maximum Gasteiger partial charge on any atom is 0.230 e. The van der Waals surface area contributed by atoms with Crippen molar-refractivity contribution in [2.75, 3.05) is 6.54 Å². The lowest BCUT2D eigenvalue weighted by molar-refractivity contribution is -0.480. The van der Waals surface area contributed by atoms with Crippen molar-refractivity contribution in [2.45, 2.75) is 19.3 Å². The van der Waals surface area contributed by atoms with Gasteiger partial charge >= 0.3 is 0 Å². The summed E-state index contributed by atoms with van der Waals surface area (Å²) in [5, 5.41) is 19.6. The third-order valence-corrected chi connectivity index (χ3v) is 1.19. The number of rotatable bonds is 6. The Kier molecular flexibility index (Phi) is 5.50. The summed E-state index contributed by atoms with van der Waals surface area (Å²) in [5.41, 5.74) is 0. The third-order valence-electron chi connectivity index (χ3n) is 1.19. The first-order valence-electron chi connectivity index (χ1n) is 3.55. The molecule has 0 saturated carbocycles. The van der Waals surface area contributed by atoms with E-state index in [1.165, 1.54) is 6.08 Å². The number of hydrogen-bond donors (Lipinski definition) is 0. The minimum absolute atomic E-state index is 0.0632. The Morgan fingerprint density at radius 3 is 2.33 bits per heavy atom. The Morgan fingerprint density at radius 1 is 1.17 bits per heavy atom. The Labute approximate surface area is 69.2 Å². The molecule has 0 atom stereocenters. The summed E-state index contributed by atoms with van der Waals surface area (Å²) in [6, 6.07) is 0. The van der Waals surface area contributed by atoms with Crippen LogP contribution >= 0.6 is 0 Å². The molecule has 0 unspecified atom stereocenters. The molecular weight excluding hydrogens is 164 g/mol. The van der Waals surface area contributed by atoms with E-state index in [0.29, 0.717) is 19.3 Å². The van der Waals surface area contributed by atoms with E-state index >= 15 is 0 Å². The summed E-state index contributed by atoms with van der Waals surface area (Å²) in [5.74, 6) is 0. The van der Waals surface area contributed by atoms with E-state index in [1.54, 1.807) is 0 Å². The zero-order valence-electron chi connectivity index (χ0n) is 6.51. The second-order valence-electron chi connectivity index (χ2n) is 2.22. The smallest absolute Gasteiger partial charge is 0.230 e. The molecule has 0 aliphatic heterocycles. The molecule has 0 saturated heterocycles. The molecule has 0 spiro atoms. The fourth-order valence-corrected chi connectivity index (χ4v) is 0.664. The normalized spacial score (nSPS) is 10.3. The summed E-state index contributed by atoms with van der Waals surface area (Å²) in [6.45, 7) is -0.0632. The lowest BCUT2D eigenvalue weighted by Crippen LogP contribution is -1.99. The van der Waals surface area contributed by atoms with Crippen molar-refractivity contribution in [1.82, 2.24) is 0 Å². The van der Waals surface area contributed by atoms with Crippen molar-refractivity contribution in [2.24, 2.45) is 0 Å². The van der Waals surface area contributed by atoms with Gasteiger partial charge in [-0.05, 0) is 18.9 Å². The summed E-state index contributed by atoms with van der Waals surface area (Å²) in [6.07, 6.45) is 3.86. The highest BCUT2D eigenvalue weighted by Crippen LogP contribution is 1.96. The van der Waals surface area contributed by atoms with Gasteiger partial charge in [0.15, 0.2) is 0 Å². The molecule has 0 amide bonds. The van der Waals surface area contributed by atoms with Crippen LogP contribution in [0.25, 0.3) is 0 Å². The second-order valence-corrected chi connectivity index (χ2v) is 2.22. The van der Waals surface area contributed by atoms with Crippen molar-refractivity contribution in [1.29, 1.82) is 0 Å². The predicted octanol–water partition coefficient (Wildman–Crippen LogP) is 1.22. The largest absolute Gasteiger partial charge is 0.265 e. The van der Waals surface area contributed by atoms with Gasteiger partial charge in [-0.3, -0.25) is 20.2 Å². The van der Waals surface area contributed by atoms with Gasteiger partial charge in [-0.15, -0.1) is 0 Å². The average molecular weight is 174 g/mol. The van der Waals surface area contributed by atoms with E-state index < -0.39 is 9.85 Å². The highest BCUT2D eigenvalue weighted by molar-refractivity contribution is 4.71. The van der Waals surface area contributed by atoms with Gasteiger partial charge in [0.25, 0.3) is 0 Å². The van der Waals surface area contributed by atoms with Crippen LogP contribution in [0.4, 0.5) is 0 Å². The Balaban J connectivity index is 3.21. The molecule has 0 aromatic heterocycles. The quantitative estimate of drug-likeness (QED) is 0.344. The Morgan fingerprint density at radius 2 is 1.83 bits per heavy atom. The van der Waals surface area contributed by atoms with Crippen molar-refractivity contribution in [3.8, 4) is 0 Å². The second kappa shape index (κ2) is 6.26. The molecule has 6 heteroatoms. The molecule has 0 aromatic carbocycles. The van der Waals surface area contributed by atoms with Gasteiger partial charge in [0, 0.05) is 11.3 Å². The minimum atomic E-state index is -0.548. The summed E-state index contributed by atoms with van der Waals surface area (Å²) in [7, 11) is 0. The fourth-order valence-electron chi connectivity index (χ4n) is 0.664. The maximum atomic E-state index is 9.82. The number of nitrogens with zero attached hydrogens (tertiary/aromatic N) is 2. The van der Waals surface area contributed by atoms with E-state index in [2.05, 4.69) is 0 Å². The van der Waals surface area contributed by atoms with Crippen molar-refractivity contribution in [3.63, 3.8) is 0 Å². The van der Waals surface area contributed by atoms with E-state index in [9.17, 15) is 20.2 Å².